The molecule has 1 saturated heterocycles. The lowest BCUT2D eigenvalue weighted by Gasteiger charge is -2.37. The minimum atomic E-state index is -0.841. The summed E-state index contributed by atoms with van der Waals surface area (Å²) in [5.41, 5.74) is 0.187. The zero-order chi connectivity index (χ0) is 19.8. The van der Waals surface area contributed by atoms with Gasteiger partial charge in [-0.1, -0.05) is 30.3 Å². The van der Waals surface area contributed by atoms with Gasteiger partial charge in [0.05, 0.1) is 13.7 Å². The van der Waals surface area contributed by atoms with E-state index in [0.717, 1.165) is 17.1 Å². The SMILES string of the molecule is COc1ccc(CNC(=O)CN2CCC(O)(COc3ccccc3)CC2)cc1. The standard InChI is InChI=1S/C22H28N2O4/c1-27-19-9-7-18(8-10-19)15-23-21(25)16-24-13-11-22(26,12-14-24)17-28-20-5-3-2-4-6-20/h2-10,26H,11-17H2,1H3,(H,23,25). The van der Waals surface area contributed by atoms with Gasteiger partial charge < -0.3 is 19.9 Å². The summed E-state index contributed by atoms with van der Waals surface area (Å²) in [6, 6.07) is 17.1. The number of ether oxygens (including phenoxy) is 2. The zero-order valence-electron chi connectivity index (χ0n) is 16.3. The van der Waals surface area contributed by atoms with Crippen LogP contribution in [0.15, 0.2) is 54.6 Å². The number of methoxy groups -OCH3 is 1. The van der Waals surface area contributed by atoms with Gasteiger partial charge in [-0.25, -0.2) is 0 Å². The van der Waals surface area contributed by atoms with E-state index in [1.807, 2.05) is 54.6 Å². The Kier molecular flexibility index (Phi) is 6.90. The molecule has 0 aromatic heterocycles. The highest BCUT2D eigenvalue weighted by Gasteiger charge is 2.33. The van der Waals surface area contributed by atoms with Gasteiger partial charge in [-0.15, -0.1) is 0 Å². The Balaban J connectivity index is 1.37. The smallest absolute Gasteiger partial charge is 0.234 e. The lowest BCUT2D eigenvalue weighted by atomic mass is 9.92. The summed E-state index contributed by atoms with van der Waals surface area (Å²) < 4.78 is 10.8. The number of piperidine rings is 1. The molecule has 3 rings (SSSR count). The minimum Gasteiger partial charge on any atom is -0.497 e. The van der Waals surface area contributed by atoms with Crippen LogP contribution in [0.2, 0.25) is 0 Å². The molecule has 0 bridgehead atoms. The molecule has 2 N–H and O–H groups in total. The van der Waals surface area contributed by atoms with Gasteiger partial charge in [0.1, 0.15) is 23.7 Å². The number of nitrogens with one attached hydrogen (secondary N) is 1. The van der Waals surface area contributed by atoms with Gasteiger partial charge in [-0.3, -0.25) is 9.69 Å². The van der Waals surface area contributed by atoms with Crippen molar-refractivity contribution in [1.82, 2.24) is 10.2 Å². The van der Waals surface area contributed by atoms with Crippen molar-refractivity contribution < 1.29 is 19.4 Å². The van der Waals surface area contributed by atoms with Gasteiger partial charge in [0.25, 0.3) is 0 Å². The molecular weight excluding hydrogens is 356 g/mol. The lowest BCUT2D eigenvalue weighted by molar-refractivity contribution is -0.124. The number of para-hydroxylation sites is 1. The molecule has 28 heavy (non-hydrogen) atoms. The Morgan fingerprint density at radius 3 is 2.39 bits per heavy atom. The minimum absolute atomic E-state index is 0.0122. The van der Waals surface area contributed by atoms with Crippen molar-refractivity contribution in [2.24, 2.45) is 0 Å². The second-order valence-corrected chi connectivity index (χ2v) is 7.23. The average molecular weight is 384 g/mol. The quantitative estimate of drug-likeness (QED) is 0.730. The Morgan fingerprint density at radius 2 is 1.75 bits per heavy atom. The van der Waals surface area contributed by atoms with Crippen molar-refractivity contribution in [2.45, 2.75) is 25.0 Å². The summed E-state index contributed by atoms with van der Waals surface area (Å²) in [6.45, 7) is 2.45. The van der Waals surface area contributed by atoms with Crippen LogP contribution in [0.25, 0.3) is 0 Å². The molecule has 0 spiro atoms. The molecule has 1 aliphatic heterocycles. The fraction of sp³-hybridized carbons (Fsp3) is 0.409. The molecule has 0 radical (unpaired) electrons. The molecule has 0 unspecified atom stereocenters. The zero-order valence-corrected chi connectivity index (χ0v) is 16.3. The van der Waals surface area contributed by atoms with Crippen LogP contribution in [0.4, 0.5) is 0 Å². The number of hydrogen-bond donors (Lipinski definition) is 2. The number of carbonyl (C=O) groups excluding carboxylic acids is 1. The van der Waals surface area contributed by atoms with E-state index in [1.165, 1.54) is 0 Å². The first-order valence-electron chi connectivity index (χ1n) is 9.58. The van der Waals surface area contributed by atoms with E-state index < -0.39 is 5.60 Å². The molecule has 150 valence electrons. The van der Waals surface area contributed by atoms with E-state index in [9.17, 15) is 9.90 Å². The average Bonchev–Trinajstić information content (AvgIpc) is 2.74. The molecule has 0 atom stereocenters. The summed E-state index contributed by atoms with van der Waals surface area (Å²) in [5.74, 6) is 1.55. The first-order chi connectivity index (χ1) is 13.6. The van der Waals surface area contributed by atoms with E-state index in [0.29, 0.717) is 39.0 Å². The molecule has 6 nitrogen and oxygen atoms in total. The molecular formula is C22H28N2O4. The van der Waals surface area contributed by atoms with Crippen LogP contribution in [-0.2, 0) is 11.3 Å². The Hall–Kier alpha value is -2.57. The monoisotopic (exact) mass is 384 g/mol. The predicted molar refractivity (Wildman–Crippen MR) is 107 cm³/mol. The highest BCUT2D eigenvalue weighted by atomic mass is 16.5. The van der Waals surface area contributed by atoms with Gasteiger partial charge in [0, 0.05) is 19.6 Å². The topological polar surface area (TPSA) is 71.0 Å². The third-order valence-corrected chi connectivity index (χ3v) is 5.05. The molecule has 6 heteroatoms. The van der Waals surface area contributed by atoms with Crippen molar-refractivity contribution in [3.8, 4) is 11.5 Å². The third-order valence-electron chi connectivity index (χ3n) is 5.05. The first kappa shape index (κ1) is 20.2. The van der Waals surface area contributed by atoms with Crippen molar-refractivity contribution in [2.75, 3.05) is 33.4 Å². The van der Waals surface area contributed by atoms with E-state index in [4.69, 9.17) is 9.47 Å². The lowest BCUT2D eigenvalue weighted by Crippen LogP contribution is -2.50. The Morgan fingerprint density at radius 1 is 1.07 bits per heavy atom. The fourth-order valence-electron chi connectivity index (χ4n) is 3.21. The maximum atomic E-state index is 12.2. The van der Waals surface area contributed by atoms with Crippen LogP contribution in [0.1, 0.15) is 18.4 Å². The first-order valence-corrected chi connectivity index (χ1v) is 9.58. The van der Waals surface area contributed by atoms with Crippen LogP contribution in [0, 0.1) is 0 Å². The fourth-order valence-corrected chi connectivity index (χ4v) is 3.21. The predicted octanol–water partition coefficient (Wildman–Crippen LogP) is 2.22. The maximum absolute atomic E-state index is 12.2. The summed E-state index contributed by atoms with van der Waals surface area (Å²) in [4.78, 5) is 14.3. The molecule has 2 aromatic carbocycles. The molecule has 1 heterocycles. The van der Waals surface area contributed by atoms with E-state index >= 15 is 0 Å². The summed E-state index contributed by atoms with van der Waals surface area (Å²) in [7, 11) is 1.63. The van der Waals surface area contributed by atoms with Crippen molar-refractivity contribution in [1.29, 1.82) is 0 Å². The normalized spacial score (nSPS) is 16.4. The van der Waals surface area contributed by atoms with Crippen molar-refractivity contribution in [3.05, 3.63) is 60.2 Å². The highest BCUT2D eigenvalue weighted by molar-refractivity contribution is 5.78. The van der Waals surface area contributed by atoms with Crippen LogP contribution in [-0.4, -0.2) is 54.9 Å². The highest BCUT2D eigenvalue weighted by Crippen LogP contribution is 2.23. The van der Waals surface area contributed by atoms with Crippen LogP contribution in [0.5, 0.6) is 11.5 Å². The van der Waals surface area contributed by atoms with Gasteiger partial charge in [0.15, 0.2) is 0 Å². The van der Waals surface area contributed by atoms with Gasteiger partial charge in [-0.05, 0) is 42.7 Å². The summed E-state index contributed by atoms with van der Waals surface area (Å²) >= 11 is 0. The molecule has 1 fully saturated rings. The number of rotatable bonds is 8. The number of carbonyl (C=O) groups is 1. The van der Waals surface area contributed by atoms with Gasteiger partial charge in [-0.2, -0.15) is 0 Å². The maximum Gasteiger partial charge on any atom is 0.234 e. The van der Waals surface area contributed by atoms with Crippen molar-refractivity contribution >= 4 is 5.91 Å². The third kappa shape index (κ3) is 5.97. The van der Waals surface area contributed by atoms with Crippen LogP contribution in [0.3, 0.4) is 0 Å². The summed E-state index contributed by atoms with van der Waals surface area (Å²) in [5, 5.41) is 13.7. The number of likely N-dealkylation sites (tertiary alicyclic amines) is 1. The van der Waals surface area contributed by atoms with E-state index in [1.54, 1.807) is 7.11 Å². The second-order valence-electron chi connectivity index (χ2n) is 7.23. The Bertz CT molecular complexity index is 741. The Labute approximate surface area is 166 Å². The molecule has 0 aliphatic carbocycles. The second kappa shape index (κ2) is 9.57. The molecule has 2 aromatic rings. The van der Waals surface area contributed by atoms with Gasteiger partial charge >= 0.3 is 0 Å². The number of nitrogens with zero attached hydrogens (tertiary/aromatic N) is 1. The molecule has 1 amide bonds. The number of benzene rings is 2. The number of hydrogen-bond acceptors (Lipinski definition) is 5. The number of aliphatic hydroxyl groups is 1. The molecule has 0 saturated carbocycles. The summed E-state index contributed by atoms with van der Waals surface area (Å²) in [6.07, 6.45) is 1.18. The van der Waals surface area contributed by atoms with E-state index in [-0.39, 0.29) is 12.5 Å². The van der Waals surface area contributed by atoms with E-state index in [2.05, 4.69) is 10.2 Å². The molecule has 1 aliphatic rings. The number of amides is 1. The van der Waals surface area contributed by atoms with Crippen LogP contribution >= 0.6 is 0 Å². The van der Waals surface area contributed by atoms with Gasteiger partial charge in [0.2, 0.25) is 5.91 Å². The largest absolute Gasteiger partial charge is 0.497 e. The van der Waals surface area contributed by atoms with Crippen molar-refractivity contribution in [3.63, 3.8) is 0 Å². The van der Waals surface area contributed by atoms with Crippen LogP contribution < -0.4 is 14.8 Å².